The van der Waals surface area contributed by atoms with Crippen LogP contribution in [-0.2, 0) is 25.9 Å². The van der Waals surface area contributed by atoms with Crippen LogP contribution in [0.3, 0.4) is 0 Å². The average Bonchev–Trinajstić information content (AvgIpc) is 3.56. The zero-order valence-corrected chi connectivity index (χ0v) is 24.0. The van der Waals surface area contributed by atoms with Crippen LogP contribution in [0, 0.1) is 0 Å². The van der Waals surface area contributed by atoms with Crippen LogP contribution in [0.15, 0.2) is 52.8 Å². The lowest BCUT2D eigenvalue weighted by Crippen LogP contribution is -2.38. The van der Waals surface area contributed by atoms with Crippen LogP contribution >= 0.6 is 15.9 Å². The van der Waals surface area contributed by atoms with Gasteiger partial charge in [0.05, 0.1) is 21.5 Å². The number of amides is 4. The van der Waals surface area contributed by atoms with Gasteiger partial charge in [0.15, 0.2) is 5.96 Å². The second kappa shape index (κ2) is 12.8. The van der Waals surface area contributed by atoms with Crippen molar-refractivity contribution in [2.24, 2.45) is 31.9 Å². The van der Waals surface area contributed by atoms with Gasteiger partial charge in [0, 0.05) is 59.9 Å². The number of nitrogens with two attached hydrogens (primary N) is 1. The number of carbonyl (C=O) groups is 4. The second-order valence-corrected chi connectivity index (χ2v) is 9.69. The van der Waals surface area contributed by atoms with Gasteiger partial charge in [-0.05, 0) is 34.1 Å². The molecule has 40 heavy (non-hydrogen) atoms. The fourth-order valence-electron chi connectivity index (χ4n) is 3.70. The molecule has 0 saturated carbocycles. The Bertz CT molecular complexity index is 1500. The third-order valence-electron chi connectivity index (χ3n) is 5.69. The second-order valence-electron chi connectivity index (χ2n) is 8.73. The van der Waals surface area contributed by atoms with E-state index in [0.717, 1.165) is 0 Å². The molecule has 3 aromatic heterocycles. The average molecular weight is 615 g/mol. The van der Waals surface area contributed by atoms with Crippen molar-refractivity contribution in [2.75, 3.05) is 36.1 Å². The van der Waals surface area contributed by atoms with Crippen molar-refractivity contribution in [3.8, 4) is 0 Å². The molecule has 0 aromatic carbocycles. The molecule has 0 unspecified atom stereocenters. The lowest BCUT2D eigenvalue weighted by Gasteiger charge is -2.07. The first kappa shape index (κ1) is 29.8. The maximum Gasteiger partial charge on any atom is 0.272 e. The van der Waals surface area contributed by atoms with Gasteiger partial charge in [-0.25, -0.2) is 0 Å². The van der Waals surface area contributed by atoms with Gasteiger partial charge in [0.1, 0.15) is 17.1 Å². The predicted octanol–water partition coefficient (Wildman–Crippen LogP) is 1.32. The third kappa shape index (κ3) is 7.41. The summed E-state index contributed by atoms with van der Waals surface area (Å²) >= 11 is 3.01. The molecule has 0 radical (unpaired) electrons. The minimum Gasteiger partial charge on any atom is -0.370 e. The number of halogens is 1. The summed E-state index contributed by atoms with van der Waals surface area (Å²) in [5.74, 6) is -1.34. The molecule has 3 heterocycles. The normalized spacial score (nSPS) is 11.1. The SMILES string of the molecule is C=C(Br)C(=O)Nc1cc(C(=O)Nc2cc(C(=O)Nc3cc(C(=O)NCCNC(N)=NC)n(C)c3)n(C)c2)n(C)c1. The number of aryl methyl sites for hydroxylation is 3. The largest absolute Gasteiger partial charge is 0.370 e. The first-order valence-electron chi connectivity index (χ1n) is 11.9. The third-order valence-corrected chi connectivity index (χ3v) is 6.05. The summed E-state index contributed by atoms with van der Waals surface area (Å²) < 4.78 is 4.89. The van der Waals surface area contributed by atoms with Crippen molar-refractivity contribution in [1.29, 1.82) is 0 Å². The minimum atomic E-state index is -0.434. The molecule has 4 amide bonds. The van der Waals surface area contributed by atoms with Crippen molar-refractivity contribution in [2.45, 2.75) is 0 Å². The molecule has 0 fully saturated rings. The lowest BCUT2D eigenvalue weighted by atomic mass is 10.3. The van der Waals surface area contributed by atoms with Gasteiger partial charge in [0.25, 0.3) is 23.6 Å². The Morgan fingerprint density at radius 3 is 1.60 bits per heavy atom. The molecule has 0 saturated heterocycles. The van der Waals surface area contributed by atoms with Gasteiger partial charge >= 0.3 is 0 Å². The predicted molar refractivity (Wildman–Crippen MR) is 157 cm³/mol. The maximum absolute atomic E-state index is 13.0. The van der Waals surface area contributed by atoms with E-state index in [1.807, 2.05) is 0 Å². The Morgan fingerprint density at radius 2 is 1.18 bits per heavy atom. The van der Waals surface area contributed by atoms with Gasteiger partial charge < -0.3 is 46.0 Å². The number of rotatable bonds is 10. The molecular formula is C25H31BrN10O4. The van der Waals surface area contributed by atoms with Gasteiger partial charge in [-0.15, -0.1) is 0 Å². The van der Waals surface area contributed by atoms with Crippen molar-refractivity contribution in [1.82, 2.24) is 24.3 Å². The van der Waals surface area contributed by atoms with Gasteiger partial charge in [0.2, 0.25) is 0 Å². The Balaban J connectivity index is 1.62. The van der Waals surface area contributed by atoms with Crippen molar-refractivity contribution < 1.29 is 19.2 Å². The van der Waals surface area contributed by atoms with Crippen LogP contribution in [0.1, 0.15) is 31.5 Å². The van der Waals surface area contributed by atoms with E-state index >= 15 is 0 Å². The Labute approximate surface area is 238 Å². The quantitative estimate of drug-likeness (QED) is 0.0866. The summed E-state index contributed by atoms with van der Waals surface area (Å²) in [6, 6.07) is 4.61. The van der Waals surface area contributed by atoms with E-state index in [1.54, 1.807) is 66.5 Å². The summed E-state index contributed by atoms with van der Waals surface area (Å²) in [5, 5.41) is 13.8. The fraction of sp³-hybridized carbons (Fsp3) is 0.240. The van der Waals surface area contributed by atoms with E-state index in [4.69, 9.17) is 5.73 Å². The standard InChI is InChI=1S/C25H31BrN10O4/c1-14(26)21(37)31-15-9-19(35(4)11-15)23(39)33-17-10-20(36(5)13-17)24(40)32-16-8-18(34(3)12-16)22(38)29-6-7-30-25(27)28-2/h8-13H,1,6-7H2,2-5H3,(H,29,38)(H,31,37)(H,32,40)(H,33,39)(H3,27,28,30). The van der Waals surface area contributed by atoms with Crippen LogP contribution in [0.25, 0.3) is 0 Å². The maximum atomic E-state index is 13.0. The Kier molecular flexibility index (Phi) is 9.55. The lowest BCUT2D eigenvalue weighted by molar-refractivity contribution is -0.112. The molecule has 0 spiro atoms. The number of nitrogens with one attached hydrogen (secondary N) is 5. The van der Waals surface area contributed by atoms with Crippen molar-refractivity contribution in [3.63, 3.8) is 0 Å². The van der Waals surface area contributed by atoms with Gasteiger partial charge in [-0.3, -0.25) is 24.2 Å². The van der Waals surface area contributed by atoms with Crippen LogP contribution in [0.2, 0.25) is 0 Å². The van der Waals surface area contributed by atoms with E-state index in [-0.39, 0.29) is 27.7 Å². The number of hydrogen-bond acceptors (Lipinski definition) is 5. The first-order valence-corrected chi connectivity index (χ1v) is 12.7. The number of carbonyl (C=O) groups excluding carboxylic acids is 4. The van der Waals surface area contributed by atoms with Crippen LogP contribution in [0.5, 0.6) is 0 Å². The highest BCUT2D eigenvalue weighted by molar-refractivity contribution is 9.12. The van der Waals surface area contributed by atoms with E-state index in [2.05, 4.69) is 54.1 Å². The van der Waals surface area contributed by atoms with Crippen molar-refractivity contribution in [3.05, 3.63) is 64.9 Å². The summed E-state index contributed by atoms with van der Waals surface area (Å²) in [6.07, 6.45) is 4.81. The van der Waals surface area contributed by atoms with Gasteiger partial charge in [-0.1, -0.05) is 6.58 Å². The Morgan fingerprint density at radius 1 is 0.775 bits per heavy atom. The summed E-state index contributed by atoms with van der Waals surface area (Å²) in [6.45, 7) is 4.24. The summed E-state index contributed by atoms with van der Waals surface area (Å²) in [7, 11) is 6.58. The molecule has 7 N–H and O–H groups in total. The topological polar surface area (TPSA) is 182 Å². The number of nitrogens with zero attached hydrogens (tertiary/aromatic N) is 4. The molecule has 15 heteroatoms. The van der Waals surface area contributed by atoms with Gasteiger partial charge in [-0.2, -0.15) is 0 Å². The number of aromatic nitrogens is 3. The molecule has 0 aliphatic heterocycles. The molecule has 212 valence electrons. The minimum absolute atomic E-state index is 0.157. The van der Waals surface area contributed by atoms with E-state index in [0.29, 0.717) is 35.8 Å². The zero-order chi connectivity index (χ0) is 29.6. The van der Waals surface area contributed by atoms with E-state index in [1.165, 1.54) is 12.1 Å². The van der Waals surface area contributed by atoms with Crippen LogP contribution < -0.4 is 32.3 Å². The van der Waals surface area contributed by atoms with Crippen LogP contribution in [-0.4, -0.2) is 63.4 Å². The molecule has 0 aliphatic rings. The number of hydrogen-bond donors (Lipinski definition) is 6. The highest BCUT2D eigenvalue weighted by Gasteiger charge is 2.19. The monoisotopic (exact) mass is 614 g/mol. The molecule has 0 aliphatic carbocycles. The Hall–Kier alpha value is -4.79. The summed E-state index contributed by atoms with van der Waals surface area (Å²) in [5.41, 5.74) is 7.73. The van der Waals surface area contributed by atoms with E-state index < -0.39 is 17.7 Å². The molecule has 3 rings (SSSR count). The number of guanidine groups is 1. The van der Waals surface area contributed by atoms with E-state index in [9.17, 15) is 19.2 Å². The zero-order valence-electron chi connectivity index (χ0n) is 22.5. The molecule has 3 aromatic rings. The van der Waals surface area contributed by atoms with Crippen molar-refractivity contribution >= 4 is 62.6 Å². The molecule has 0 atom stereocenters. The number of anilines is 3. The highest BCUT2D eigenvalue weighted by atomic mass is 79.9. The van der Waals surface area contributed by atoms with Crippen LogP contribution in [0.4, 0.5) is 17.1 Å². The molecular weight excluding hydrogens is 584 g/mol. The molecule has 0 bridgehead atoms. The highest BCUT2D eigenvalue weighted by Crippen LogP contribution is 2.20. The fourth-order valence-corrected chi connectivity index (χ4v) is 3.80. The summed E-state index contributed by atoms with van der Waals surface area (Å²) in [4.78, 5) is 54.0. The first-order chi connectivity index (χ1) is 18.9. The smallest absolute Gasteiger partial charge is 0.272 e. The number of aliphatic imine (C=N–C) groups is 1. The molecule has 14 nitrogen and oxygen atoms in total.